The third kappa shape index (κ3) is 4.30. The fourth-order valence-electron chi connectivity index (χ4n) is 2.18. The Bertz CT molecular complexity index is 261. The van der Waals surface area contributed by atoms with Gasteiger partial charge in [-0.2, -0.15) is 0 Å². The first kappa shape index (κ1) is 13.8. The normalized spacial score (nSPS) is 27.9. The Labute approximate surface area is 108 Å². The SMILES string of the molecule is CC/C(=C/C=C/NC)CC1CN(C)CC1Br. The molecule has 1 heterocycles. The molecule has 16 heavy (non-hydrogen) atoms. The number of halogens is 1. The first-order valence-corrected chi connectivity index (χ1v) is 6.93. The molecule has 1 rings (SSSR count). The monoisotopic (exact) mass is 286 g/mol. The van der Waals surface area contributed by atoms with E-state index in [1.54, 1.807) is 0 Å². The molecule has 0 aromatic heterocycles. The Morgan fingerprint density at radius 2 is 2.25 bits per heavy atom. The minimum atomic E-state index is 0.653. The van der Waals surface area contributed by atoms with E-state index in [-0.39, 0.29) is 0 Å². The van der Waals surface area contributed by atoms with Crippen LogP contribution < -0.4 is 5.32 Å². The second-order valence-electron chi connectivity index (χ2n) is 4.53. The number of hydrogen-bond acceptors (Lipinski definition) is 2. The van der Waals surface area contributed by atoms with Crippen LogP contribution >= 0.6 is 15.9 Å². The zero-order valence-electron chi connectivity index (χ0n) is 10.5. The van der Waals surface area contributed by atoms with E-state index < -0.39 is 0 Å². The van der Waals surface area contributed by atoms with E-state index in [4.69, 9.17) is 0 Å². The average Bonchev–Trinajstić information content (AvgIpc) is 2.56. The van der Waals surface area contributed by atoms with Crippen molar-refractivity contribution in [1.82, 2.24) is 10.2 Å². The van der Waals surface area contributed by atoms with Crippen molar-refractivity contribution < 1.29 is 0 Å². The highest BCUT2D eigenvalue weighted by Crippen LogP contribution is 2.28. The summed E-state index contributed by atoms with van der Waals surface area (Å²) in [6.07, 6.45) is 8.68. The molecule has 1 fully saturated rings. The van der Waals surface area contributed by atoms with Gasteiger partial charge in [-0.3, -0.25) is 0 Å². The van der Waals surface area contributed by atoms with Gasteiger partial charge in [-0.1, -0.05) is 34.5 Å². The molecule has 0 aromatic carbocycles. The summed E-state index contributed by atoms with van der Waals surface area (Å²) in [6.45, 7) is 4.62. The molecule has 1 saturated heterocycles. The van der Waals surface area contributed by atoms with Gasteiger partial charge >= 0.3 is 0 Å². The third-order valence-electron chi connectivity index (χ3n) is 3.12. The molecule has 0 bridgehead atoms. The predicted octanol–water partition coefficient (Wildman–Crippen LogP) is 2.77. The van der Waals surface area contributed by atoms with Crippen LogP contribution in [0, 0.1) is 5.92 Å². The topological polar surface area (TPSA) is 15.3 Å². The maximum absolute atomic E-state index is 3.79. The van der Waals surface area contributed by atoms with Crippen LogP contribution in [0.5, 0.6) is 0 Å². The van der Waals surface area contributed by atoms with Crippen LogP contribution in [0.4, 0.5) is 0 Å². The van der Waals surface area contributed by atoms with Gasteiger partial charge in [0, 0.05) is 25.0 Å². The van der Waals surface area contributed by atoms with Gasteiger partial charge in [-0.15, -0.1) is 0 Å². The number of rotatable bonds is 5. The van der Waals surface area contributed by atoms with Crippen LogP contribution in [-0.2, 0) is 0 Å². The van der Waals surface area contributed by atoms with E-state index >= 15 is 0 Å². The van der Waals surface area contributed by atoms with E-state index in [1.807, 2.05) is 13.2 Å². The fourth-order valence-corrected chi connectivity index (χ4v) is 3.02. The van der Waals surface area contributed by atoms with E-state index in [0.29, 0.717) is 4.83 Å². The standard InChI is InChI=1S/C13H23BrN2/c1-4-11(6-5-7-15-2)8-12-9-16(3)10-13(12)14/h5-7,12-13,15H,4,8-10H2,1-3H3/b7-5+,11-6-. The maximum Gasteiger partial charge on any atom is 0.0316 e. The Morgan fingerprint density at radius 1 is 1.50 bits per heavy atom. The summed E-state index contributed by atoms with van der Waals surface area (Å²) in [5.74, 6) is 0.763. The van der Waals surface area contributed by atoms with Crippen molar-refractivity contribution in [2.45, 2.75) is 24.6 Å². The first-order valence-electron chi connectivity index (χ1n) is 6.01. The predicted molar refractivity (Wildman–Crippen MR) is 74.9 cm³/mol. The van der Waals surface area contributed by atoms with Crippen LogP contribution in [0.2, 0.25) is 0 Å². The Kier molecular flexibility index (Phi) is 6.14. The van der Waals surface area contributed by atoms with Gasteiger partial charge in [0.15, 0.2) is 0 Å². The number of alkyl halides is 1. The quantitative estimate of drug-likeness (QED) is 0.618. The summed E-state index contributed by atoms with van der Waals surface area (Å²) in [5, 5.41) is 3.01. The summed E-state index contributed by atoms with van der Waals surface area (Å²) in [5.41, 5.74) is 1.54. The molecule has 92 valence electrons. The lowest BCUT2D eigenvalue weighted by Crippen LogP contribution is -2.14. The van der Waals surface area contributed by atoms with Crippen LogP contribution in [0.3, 0.4) is 0 Å². The molecule has 3 heteroatoms. The number of nitrogens with zero attached hydrogens (tertiary/aromatic N) is 1. The number of nitrogens with one attached hydrogen (secondary N) is 1. The van der Waals surface area contributed by atoms with Crippen molar-refractivity contribution in [3.8, 4) is 0 Å². The van der Waals surface area contributed by atoms with E-state index in [2.05, 4.69) is 52.3 Å². The lowest BCUT2D eigenvalue weighted by Gasteiger charge is -2.14. The molecule has 2 atom stereocenters. The van der Waals surface area contributed by atoms with E-state index in [0.717, 1.165) is 12.3 Å². The first-order chi connectivity index (χ1) is 7.67. The number of allylic oxidation sites excluding steroid dienone is 3. The molecule has 2 unspecified atom stereocenters. The largest absolute Gasteiger partial charge is 0.394 e. The van der Waals surface area contributed by atoms with Crippen molar-refractivity contribution in [2.75, 3.05) is 27.2 Å². The van der Waals surface area contributed by atoms with Crippen LogP contribution in [0.15, 0.2) is 23.9 Å². The second kappa shape index (κ2) is 7.13. The lowest BCUT2D eigenvalue weighted by molar-refractivity contribution is 0.393. The molecule has 0 amide bonds. The van der Waals surface area contributed by atoms with Gasteiger partial charge in [-0.05, 0) is 38.1 Å². The molecule has 1 aliphatic rings. The molecule has 0 spiro atoms. The van der Waals surface area contributed by atoms with Crippen molar-refractivity contribution in [3.05, 3.63) is 23.9 Å². The molecule has 1 aliphatic heterocycles. The smallest absolute Gasteiger partial charge is 0.0316 e. The number of hydrogen-bond donors (Lipinski definition) is 1. The molecular formula is C13H23BrN2. The Morgan fingerprint density at radius 3 is 2.75 bits per heavy atom. The van der Waals surface area contributed by atoms with Crippen molar-refractivity contribution in [1.29, 1.82) is 0 Å². The van der Waals surface area contributed by atoms with Gasteiger partial charge in [0.1, 0.15) is 0 Å². The molecule has 0 radical (unpaired) electrons. The minimum Gasteiger partial charge on any atom is -0.394 e. The summed E-state index contributed by atoms with van der Waals surface area (Å²) in [7, 11) is 4.13. The Hall–Kier alpha value is -0.280. The third-order valence-corrected chi connectivity index (χ3v) is 4.15. The van der Waals surface area contributed by atoms with E-state index in [1.165, 1.54) is 25.1 Å². The zero-order chi connectivity index (χ0) is 12.0. The molecule has 0 saturated carbocycles. The fraction of sp³-hybridized carbons (Fsp3) is 0.692. The van der Waals surface area contributed by atoms with Gasteiger partial charge in [-0.25, -0.2) is 0 Å². The van der Waals surface area contributed by atoms with Crippen molar-refractivity contribution >= 4 is 15.9 Å². The summed E-state index contributed by atoms with van der Waals surface area (Å²) >= 11 is 3.79. The highest BCUT2D eigenvalue weighted by atomic mass is 79.9. The Balaban J connectivity index is 2.50. The molecule has 0 aliphatic carbocycles. The summed E-state index contributed by atoms with van der Waals surface area (Å²) < 4.78 is 0. The van der Waals surface area contributed by atoms with Gasteiger partial charge in [0.05, 0.1) is 0 Å². The van der Waals surface area contributed by atoms with Gasteiger partial charge < -0.3 is 10.2 Å². The average molecular weight is 287 g/mol. The highest BCUT2D eigenvalue weighted by molar-refractivity contribution is 9.09. The summed E-state index contributed by atoms with van der Waals surface area (Å²) in [6, 6.07) is 0. The van der Waals surface area contributed by atoms with Crippen LogP contribution in [0.25, 0.3) is 0 Å². The van der Waals surface area contributed by atoms with Crippen LogP contribution in [-0.4, -0.2) is 36.9 Å². The summed E-state index contributed by atoms with van der Waals surface area (Å²) in [4.78, 5) is 3.06. The highest BCUT2D eigenvalue weighted by Gasteiger charge is 2.28. The van der Waals surface area contributed by atoms with Gasteiger partial charge in [0.25, 0.3) is 0 Å². The van der Waals surface area contributed by atoms with Crippen LogP contribution in [0.1, 0.15) is 19.8 Å². The van der Waals surface area contributed by atoms with Crippen molar-refractivity contribution in [3.63, 3.8) is 0 Å². The minimum absolute atomic E-state index is 0.653. The van der Waals surface area contributed by atoms with Crippen molar-refractivity contribution in [2.24, 2.45) is 5.92 Å². The molecular weight excluding hydrogens is 264 g/mol. The zero-order valence-corrected chi connectivity index (χ0v) is 12.1. The lowest BCUT2D eigenvalue weighted by atomic mass is 9.96. The van der Waals surface area contributed by atoms with Gasteiger partial charge in [0.2, 0.25) is 0 Å². The molecule has 1 N–H and O–H groups in total. The molecule has 0 aromatic rings. The number of likely N-dealkylation sites (tertiary alicyclic amines) is 1. The van der Waals surface area contributed by atoms with E-state index in [9.17, 15) is 0 Å². The maximum atomic E-state index is 3.79. The second-order valence-corrected chi connectivity index (χ2v) is 5.70. The molecule has 2 nitrogen and oxygen atoms in total.